The maximum absolute atomic E-state index is 11.4. The van der Waals surface area contributed by atoms with E-state index >= 15 is 0 Å². The van der Waals surface area contributed by atoms with E-state index in [0.717, 1.165) is 263 Å². The summed E-state index contributed by atoms with van der Waals surface area (Å²) in [5, 5.41) is 0. The summed E-state index contributed by atoms with van der Waals surface area (Å²) < 4.78 is 0. The molecule has 0 aromatic heterocycles. The molecule has 0 rings (SSSR count). The van der Waals surface area contributed by atoms with Crippen molar-refractivity contribution in [2.75, 3.05) is 399 Å². The van der Waals surface area contributed by atoms with Crippen LogP contribution in [0.5, 0.6) is 0 Å². The largest absolute Gasteiger partial charge is 0.432 e. The molecule has 0 radical (unpaired) electrons. The molecule has 0 aliphatic carbocycles. The fraction of sp³-hybridized carbons (Fsp3) is 1.00. The minimum Gasteiger partial charge on any atom is -0.432 e. The Kier molecular flexibility index (Phi) is 94.5. The van der Waals surface area contributed by atoms with Crippen LogP contribution in [0.2, 0.25) is 60.4 Å². The van der Waals surface area contributed by atoms with Gasteiger partial charge in [-0.25, -0.2) is 0 Å². The summed E-state index contributed by atoms with van der Waals surface area (Å²) in [4.78, 5) is 166. The highest BCUT2D eigenvalue weighted by atomic mass is 28.4. The molecule has 0 unspecified atom stereocenters. The van der Waals surface area contributed by atoms with Crippen LogP contribution in [-0.2, 0) is 0 Å². The van der Waals surface area contributed by atoms with Gasteiger partial charge in [0.2, 0.25) is 16.6 Å². The zero-order chi connectivity index (χ0) is 102. The molecule has 790 valence electrons. The lowest BCUT2D eigenvalue weighted by atomic mass is 10.5. The molecule has 32 nitrogen and oxygen atoms in total. The molecule has 129 heavy (non-hydrogen) atoms. The number of rotatable bonds is 69. The summed E-state index contributed by atoms with van der Waals surface area (Å²) in [6.07, 6.45) is 6.85. The highest BCUT2D eigenvalue weighted by Gasteiger charge is 2.39. The van der Waals surface area contributed by atoms with Gasteiger partial charge in [0.05, 0.1) is 0 Å². The van der Waals surface area contributed by atoms with Crippen molar-refractivity contribution in [3.8, 4) is 0 Å². The summed E-state index contributed by atoms with van der Waals surface area (Å²) in [5.74, 6) is 0. The molecule has 0 saturated carbocycles. The van der Waals surface area contributed by atoms with Gasteiger partial charge in [-0.15, -0.1) is 0 Å². The Morgan fingerprint density at radius 3 is 0.473 bits per heavy atom. The van der Waals surface area contributed by atoms with Gasteiger partial charge >= 0.3 is 34.2 Å². The lowest BCUT2D eigenvalue weighted by Gasteiger charge is -2.37. The molecular weight excluding hydrogens is 1770 g/mol. The lowest BCUT2D eigenvalue weighted by Crippen LogP contribution is -2.62. The summed E-state index contributed by atoms with van der Waals surface area (Å²) in [6, 6.07) is 8.23. The van der Waals surface area contributed by atoms with Crippen LogP contribution in [0.4, 0.5) is 0 Å². The monoisotopic (exact) mass is 2000 g/mol. The molecule has 40 heteroatoms. The third kappa shape index (κ3) is 93.2. The highest BCUT2D eigenvalue weighted by molar-refractivity contribution is 6.74. The summed E-state index contributed by atoms with van der Waals surface area (Å²) in [7, 11) is 21.1. The molecule has 0 bridgehead atoms. The number of nitrogens with zero attached hydrogens (tertiary/aromatic N) is 20. The van der Waals surface area contributed by atoms with Crippen LogP contribution in [0.15, 0.2) is 0 Å². The van der Waals surface area contributed by atoms with Crippen molar-refractivity contribution >= 4 is 67.5 Å². The van der Waals surface area contributed by atoms with Crippen LogP contribution in [0.3, 0.4) is 0 Å². The van der Waals surface area contributed by atoms with E-state index in [9.17, 15) is 57.5 Å². The van der Waals surface area contributed by atoms with E-state index in [1.54, 1.807) is 9.80 Å². The van der Waals surface area contributed by atoms with E-state index in [4.69, 9.17) is 0 Å². The first-order valence-corrected chi connectivity index (χ1v) is 69.4. The Hall–Kier alpha value is 0.455. The first kappa shape index (κ1) is 145. The zero-order valence-corrected chi connectivity index (χ0v) is 101. The maximum atomic E-state index is 11.4. The Morgan fingerprint density at radius 1 is 0.132 bits per heavy atom. The van der Waals surface area contributed by atoms with Gasteiger partial charge in [0.25, 0.3) is 0 Å². The molecule has 0 spiro atoms. The van der Waals surface area contributed by atoms with Crippen molar-refractivity contribution in [3.63, 3.8) is 0 Å². The predicted octanol–water partition coefficient (Wildman–Crippen LogP) is 3.39. The maximum Gasteiger partial charge on any atom is 0.361 e. The van der Waals surface area contributed by atoms with Gasteiger partial charge in [-0.3, -0.25) is 0 Å². The van der Waals surface area contributed by atoms with E-state index in [-0.39, 0.29) is 0 Å². The molecule has 0 saturated heterocycles. The molecule has 0 amide bonds. The van der Waals surface area contributed by atoms with Gasteiger partial charge in [0, 0.05) is 92.4 Å². The molecule has 0 aromatic rings. The Bertz CT molecular complexity index is 2210. The van der Waals surface area contributed by atoms with E-state index in [1.165, 1.54) is 0 Å². The van der Waals surface area contributed by atoms with Crippen LogP contribution in [0.1, 0.15) is 132 Å². The molecular formula is C89H230N20O12Si8. The third-order valence-corrected chi connectivity index (χ3v) is 45.4. The average molecular weight is 2000 g/mol. The van der Waals surface area contributed by atoms with Crippen molar-refractivity contribution in [2.24, 2.45) is 0 Å². The van der Waals surface area contributed by atoms with Gasteiger partial charge < -0.3 is 156 Å². The van der Waals surface area contributed by atoms with Gasteiger partial charge in [-0.1, -0.05) is 132 Å². The zero-order valence-electron chi connectivity index (χ0n) is 93.0. The fourth-order valence-corrected chi connectivity index (χ4v) is 36.9. The predicted molar refractivity (Wildman–Crippen MR) is 580 cm³/mol. The Morgan fingerprint density at radius 2 is 0.287 bits per heavy atom. The Balaban J connectivity index is -0.000000218. The topological polar surface area (TPSA) is 308 Å². The second-order valence-electron chi connectivity index (χ2n) is 38.8. The highest BCUT2D eigenvalue weighted by Crippen LogP contribution is 2.22. The lowest BCUT2D eigenvalue weighted by molar-refractivity contribution is 0.238. The van der Waals surface area contributed by atoms with Crippen molar-refractivity contribution in [3.05, 3.63) is 0 Å². The molecule has 0 atom stereocenters. The molecule has 0 aromatic carbocycles. The number of hydrogen-bond donors (Lipinski definition) is 12. The third-order valence-electron chi connectivity index (χ3n) is 23.5. The molecule has 0 aliphatic heterocycles. The van der Waals surface area contributed by atoms with Crippen LogP contribution >= 0.6 is 0 Å². The normalized spacial score (nSPS) is 12.9. The van der Waals surface area contributed by atoms with Gasteiger partial charge in [-0.2, -0.15) is 0 Å². The van der Waals surface area contributed by atoms with E-state index < -0.39 is 67.5 Å². The van der Waals surface area contributed by atoms with Crippen molar-refractivity contribution in [2.45, 2.75) is 192 Å². The smallest absolute Gasteiger partial charge is 0.361 e. The first-order chi connectivity index (χ1) is 59.6. The molecule has 0 heterocycles. The summed E-state index contributed by atoms with van der Waals surface area (Å²) in [5.41, 5.74) is 0. The van der Waals surface area contributed by atoms with E-state index in [0.29, 0.717) is 48.8 Å². The Labute approximate surface area is 809 Å². The minimum atomic E-state index is -3.06. The fourth-order valence-electron chi connectivity index (χ4n) is 14.6. The van der Waals surface area contributed by atoms with E-state index in [1.807, 2.05) is 143 Å². The van der Waals surface area contributed by atoms with E-state index in [2.05, 4.69) is 225 Å². The minimum absolute atomic E-state index is 0.394. The average Bonchev–Trinajstić information content (AvgIpc) is 0.846. The van der Waals surface area contributed by atoms with Crippen molar-refractivity contribution in [1.82, 2.24) is 98.0 Å². The second kappa shape index (κ2) is 84.2. The van der Waals surface area contributed by atoms with Crippen LogP contribution in [0.25, 0.3) is 0 Å². The standard InChI is InChI=1S/C18H43N3OSi.C15H37N3OSi.C12H31N3OSi.C11H28N2O2Si.C10H26N2O2Si.C9H25N3OSi.C8H22N2O2Si.C6H18N2O2Si/c1-7-19(8-2)13-16-23(22,17-14-20(9-3)10-4)18-15-21(11-5)12-6;1-7-16(8-2)13-20(19,14-17(9-3)10-4)15-18(11-5)12-6;1-13(2)7-10-17(16,11-8-14(3)4)12-9-15(5)6;1-5-12(4)8-10-16(14,15)11-9-13(6-2)7-3;1-5-11(6-2)9-15(13,14)10-12(7-3)8-4;1-10(2)7-14(13,8-11(3)4)9-12(5)6;1-9(2)5-7-13(11,12)8-6-10(3)4;1-7(2)5-11(9,10)6-8(3)4/h22H,7-18H2,1-6H3;19H,7-15H2,1-6H3;16H,7-12H2,1-6H3;14-15H,5-11H2,1-4H3;13-14H,5-10H2,1-4H3;13H,7-9H2,1-6H3;11-12H,5-8H2,1-4H3;9-10H,5-6H2,1-4H3. The summed E-state index contributed by atoms with van der Waals surface area (Å²) in [6.45, 7) is 69.4. The van der Waals surface area contributed by atoms with Crippen molar-refractivity contribution < 1.29 is 57.5 Å². The summed E-state index contributed by atoms with van der Waals surface area (Å²) >= 11 is 0. The van der Waals surface area contributed by atoms with Gasteiger partial charge in [0.15, 0.2) is 16.6 Å². The van der Waals surface area contributed by atoms with Crippen LogP contribution in [-0.4, -0.2) is 623 Å². The SMILES string of the molecule is CCN(C)CC[Si](O)(O)CCN(CC)CC.CCN(CC)CC[Si](O)(CCN(CC)CC)CCN(CC)CC.CCN(CC)C[Si](O)(CN(CC)CC)CN(CC)CC.CCN(CC)C[Si](O)(O)CN(CC)CC.CN(C)CC[Si](O)(CCN(C)C)CCN(C)C.CN(C)CC[Si](O)(O)CCN(C)C.CN(C)C[Si](O)(CN(C)C)CN(C)C.CN(C)C[Si](O)(O)CN(C)C. The van der Waals surface area contributed by atoms with Crippen LogP contribution in [0, 0.1) is 0 Å². The quantitative estimate of drug-likeness (QED) is 0.0389. The molecule has 0 aliphatic rings. The number of hydrogen-bond acceptors (Lipinski definition) is 32. The van der Waals surface area contributed by atoms with Crippen molar-refractivity contribution in [1.29, 1.82) is 0 Å². The van der Waals surface area contributed by atoms with Gasteiger partial charge in [0.1, 0.15) is 0 Å². The second-order valence-corrected chi connectivity index (χ2v) is 64.7. The molecule has 12 N–H and O–H groups in total. The van der Waals surface area contributed by atoms with Gasteiger partial charge in [-0.05, 0) is 368 Å². The van der Waals surface area contributed by atoms with Crippen LogP contribution < -0.4 is 0 Å². The molecule has 0 fully saturated rings. The first-order valence-electron chi connectivity index (χ1n) is 49.9.